The van der Waals surface area contributed by atoms with Gasteiger partial charge >= 0.3 is 10.1 Å². The quantitative estimate of drug-likeness (QED) is 0.403. The van der Waals surface area contributed by atoms with Gasteiger partial charge in [0, 0.05) is 17.6 Å². The van der Waals surface area contributed by atoms with Crippen LogP contribution in [0.4, 0.5) is 0 Å². The minimum Gasteiger partial charge on any atom is -0.378 e. The zero-order chi connectivity index (χ0) is 19.8. The van der Waals surface area contributed by atoms with Gasteiger partial charge in [-0.2, -0.15) is 8.42 Å². The number of amides is 1. The second kappa shape index (κ2) is 7.63. The molecule has 1 saturated heterocycles. The van der Waals surface area contributed by atoms with Crippen LogP contribution in [0.5, 0.6) is 5.75 Å². The summed E-state index contributed by atoms with van der Waals surface area (Å²) in [5.74, 6) is -0.196. The molecule has 0 aliphatic carbocycles. The van der Waals surface area contributed by atoms with Crippen LogP contribution >= 0.6 is 35.6 Å². The number of hydrogen-bond acceptors (Lipinski definition) is 6. The fourth-order valence-corrected chi connectivity index (χ4v) is 4.57. The molecule has 1 amide bonds. The highest BCUT2D eigenvalue weighted by molar-refractivity contribution is 8.26. The zero-order valence-electron chi connectivity index (χ0n) is 14.3. The summed E-state index contributed by atoms with van der Waals surface area (Å²) in [6, 6.07) is 10.8. The number of aryl methyl sites for hydroxylation is 1. The summed E-state index contributed by atoms with van der Waals surface area (Å²) in [7, 11) is -2.46. The van der Waals surface area contributed by atoms with Crippen LogP contribution in [0.25, 0.3) is 6.08 Å². The first-order valence-electron chi connectivity index (χ1n) is 7.69. The van der Waals surface area contributed by atoms with Gasteiger partial charge in [0.05, 0.1) is 4.91 Å². The maximum atomic E-state index is 12.6. The van der Waals surface area contributed by atoms with Crippen LogP contribution in [-0.2, 0) is 14.9 Å². The summed E-state index contributed by atoms with van der Waals surface area (Å²) in [4.78, 5) is 14.0. The van der Waals surface area contributed by atoms with Crippen molar-refractivity contribution >= 4 is 62.0 Å². The minimum atomic E-state index is -4.03. The van der Waals surface area contributed by atoms with Gasteiger partial charge in [-0.15, -0.1) is 0 Å². The Morgan fingerprint density at radius 1 is 1.19 bits per heavy atom. The van der Waals surface area contributed by atoms with Crippen LogP contribution < -0.4 is 4.18 Å². The molecular formula is C18H14ClNO4S3. The first-order valence-corrected chi connectivity index (χ1v) is 10.7. The van der Waals surface area contributed by atoms with E-state index in [4.69, 9.17) is 28.0 Å². The predicted molar refractivity (Wildman–Crippen MR) is 111 cm³/mol. The number of thiocarbonyl (C=S) groups is 1. The number of likely N-dealkylation sites (N-methyl/N-ethyl adjacent to an activating group) is 1. The molecule has 3 rings (SSSR count). The third-order valence-electron chi connectivity index (χ3n) is 3.75. The zero-order valence-corrected chi connectivity index (χ0v) is 17.5. The van der Waals surface area contributed by atoms with Gasteiger partial charge in [-0.25, -0.2) is 0 Å². The molecule has 2 aromatic carbocycles. The van der Waals surface area contributed by atoms with Crippen LogP contribution in [0, 0.1) is 6.92 Å². The lowest BCUT2D eigenvalue weighted by molar-refractivity contribution is -0.121. The highest BCUT2D eigenvalue weighted by Gasteiger charge is 2.29. The first-order chi connectivity index (χ1) is 12.7. The molecule has 0 N–H and O–H groups in total. The molecule has 0 spiro atoms. The first kappa shape index (κ1) is 19.9. The van der Waals surface area contributed by atoms with E-state index in [1.807, 2.05) is 6.92 Å². The lowest BCUT2D eigenvalue weighted by Gasteiger charge is -2.11. The van der Waals surface area contributed by atoms with Crippen molar-refractivity contribution in [2.75, 3.05) is 7.05 Å². The molecule has 27 heavy (non-hydrogen) atoms. The Bertz CT molecular complexity index is 1060. The molecule has 0 bridgehead atoms. The van der Waals surface area contributed by atoms with Crippen molar-refractivity contribution in [3.05, 3.63) is 63.5 Å². The van der Waals surface area contributed by atoms with E-state index in [2.05, 4.69) is 0 Å². The van der Waals surface area contributed by atoms with E-state index in [1.165, 1.54) is 41.3 Å². The van der Waals surface area contributed by atoms with Gasteiger partial charge < -0.3 is 4.18 Å². The Morgan fingerprint density at radius 2 is 1.85 bits per heavy atom. The van der Waals surface area contributed by atoms with E-state index in [9.17, 15) is 13.2 Å². The molecule has 140 valence electrons. The number of rotatable bonds is 4. The van der Waals surface area contributed by atoms with Crippen LogP contribution in [-0.4, -0.2) is 30.6 Å². The van der Waals surface area contributed by atoms with Crippen molar-refractivity contribution < 1.29 is 17.4 Å². The second-order valence-corrected chi connectivity index (χ2v) is 9.43. The monoisotopic (exact) mass is 439 g/mol. The molecule has 0 unspecified atom stereocenters. The number of thioether (sulfide) groups is 1. The third-order valence-corrected chi connectivity index (χ3v) is 6.72. The molecule has 9 heteroatoms. The molecule has 0 aromatic heterocycles. The van der Waals surface area contributed by atoms with Crippen LogP contribution in [0.3, 0.4) is 0 Å². The average Bonchev–Trinajstić information content (AvgIpc) is 2.84. The largest absolute Gasteiger partial charge is 0.378 e. The Hall–Kier alpha value is -1.87. The van der Waals surface area contributed by atoms with E-state index in [-0.39, 0.29) is 16.6 Å². The van der Waals surface area contributed by atoms with Crippen molar-refractivity contribution in [2.45, 2.75) is 11.8 Å². The lowest BCUT2D eigenvalue weighted by Crippen LogP contribution is -2.22. The average molecular weight is 440 g/mol. The normalized spacial score (nSPS) is 16.3. The molecule has 5 nitrogen and oxygen atoms in total. The minimum absolute atomic E-state index is 0.0360. The predicted octanol–water partition coefficient (Wildman–Crippen LogP) is 4.25. The Labute approximate surface area is 172 Å². The molecule has 0 saturated carbocycles. The fraction of sp³-hybridized carbons (Fsp3) is 0.111. The molecule has 1 fully saturated rings. The Balaban J connectivity index is 1.99. The van der Waals surface area contributed by atoms with Crippen LogP contribution in [0.1, 0.15) is 11.1 Å². The van der Waals surface area contributed by atoms with Gasteiger partial charge in [-0.05, 0) is 43.3 Å². The molecular weight excluding hydrogens is 426 g/mol. The fourth-order valence-electron chi connectivity index (χ4n) is 2.27. The third kappa shape index (κ3) is 4.35. The standard InChI is InChI=1S/C18H14ClNO4S3/c1-11-3-6-14(7-4-11)27(22,23)24-15-8-5-13(19)9-12(15)10-16-17(21)20(2)18(25)26-16/h3-10H,1-2H3. The number of halogens is 1. The second-order valence-electron chi connectivity index (χ2n) is 5.77. The van der Waals surface area contributed by atoms with Crippen molar-refractivity contribution in [1.82, 2.24) is 4.90 Å². The van der Waals surface area contributed by atoms with E-state index >= 15 is 0 Å². The van der Waals surface area contributed by atoms with Gasteiger partial charge in [0.25, 0.3) is 5.91 Å². The summed E-state index contributed by atoms with van der Waals surface area (Å²) < 4.78 is 30.9. The number of nitrogens with zero attached hydrogens (tertiary/aromatic N) is 1. The van der Waals surface area contributed by atoms with E-state index in [0.29, 0.717) is 19.8 Å². The summed E-state index contributed by atoms with van der Waals surface area (Å²) in [5, 5.41) is 0.383. The van der Waals surface area contributed by atoms with Crippen molar-refractivity contribution in [2.24, 2.45) is 0 Å². The van der Waals surface area contributed by atoms with Gasteiger partial charge in [0.2, 0.25) is 0 Å². The molecule has 0 atom stereocenters. The Morgan fingerprint density at radius 3 is 2.44 bits per heavy atom. The van der Waals surface area contributed by atoms with Crippen molar-refractivity contribution in [3.63, 3.8) is 0 Å². The van der Waals surface area contributed by atoms with Gasteiger partial charge in [-0.3, -0.25) is 9.69 Å². The summed E-state index contributed by atoms with van der Waals surface area (Å²) in [6.45, 7) is 1.86. The highest BCUT2D eigenvalue weighted by Crippen LogP contribution is 2.35. The van der Waals surface area contributed by atoms with E-state index < -0.39 is 10.1 Å². The lowest BCUT2D eigenvalue weighted by atomic mass is 10.2. The molecule has 1 heterocycles. The smallest absolute Gasteiger partial charge is 0.339 e. The summed E-state index contributed by atoms with van der Waals surface area (Å²) in [5.41, 5.74) is 1.30. The van der Waals surface area contributed by atoms with Crippen molar-refractivity contribution in [1.29, 1.82) is 0 Å². The van der Waals surface area contributed by atoms with Crippen LogP contribution in [0.15, 0.2) is 52.3 Å². The maximum absolute atomic E-state index is 12.6. The molecule has 1 aliphatic heterocycles. The summed E-state index contributed by atoms with van der Waals surface area (Å²) in [6.07, 6.45) is 1.52. The molecule has 0 radical (unpaired) electrons. The van der Waals surface area contributed by atoms with Gasteiger partial charge in [-0.1, -0.05) is 53.3 Å². The number of carbonyl (C=O) groups excluding carboxylic acids is 1. The highest BCUT2D eigenvalue weighted by atomic mass is 35.5. The topological polar surface area (TPSA) is 63.7 Å². The van der Waals surface area contributed by atoms with E-state index in [1.54, 1.807) is 19.2 Å². The van der Waals surface area contributed by atoms with Gasteiger partial charge in [0.15, 0.2) is 0 Å². The Kier molecular flexibility index (Phi) is 5.62. The van der Waals surface area contributed by atoms with Gasteiger partial charge in [0.1, 0.15) is 15.0 Å². The number of carbonyl (C=O) groups is 1. The molecule has 1 aliphatic rings. The van der Waals surface area contributed by atoms with E-state index in [0.717, 1.165) is 17.3 Å². The molecule has 2 aromatic rings. The number of hydrogen-bond donors (Lipinski definition) is 0. The maximum Gasteiger partial charge on any atom is 0.339 e. The summed E-state index contributed by atoms with van der Waals surface area (Å²) >= 11 is 12.3. The van der Waals surface area contributed by atoms with Crippen molar-refractivity contribution in [3.8, 4) is 5.75 Å². The van der Waals surface area contributed by atoms with Crippen LogP contribution in [0.2, 0.25) is 5.02 Å². The SMILES string of the molecule is Cc1ccc(S(=O)(=O)Oc2ccc(Cl)cc2C=C2SC(=S)N(C)C2=O)cc1. The number of benzene rings is 2.